The molecular weight excluding hydrogens is 551 g/mol. The number of anilines is 1. The summed E-state index contributed by atoms with van der Waals surface area (Å²) in [5.74, 6) is -0.865. The molecule has 1 N–H and O–H groups in total. The zero-order valence-electron chi connectivity index (χ0n) is 24.4. The van der Waals surface area contributed by atoms with Gasteiger partial charge in [0.05, 0.1) is 11.1 Å². The topological polar surface area (TPSA) is 53.5 Å². The molecule has 5 heterocycles. The van der Waals surface area contributed by atoms with E-state index in [2.05, 4.69) is 20.1 Å². The summed E-state index contributed by atoms with van der Waals surface area (Å²) >= 11 is 0. The Balaban J connectivity index is 1.28. The quantitative estimate of drug-likeness (QED) is 0.291. The van der Waals surface area contributed by atoms with Crippen molar-refractivity contribution in [3.63, 3.8) is 0 Å². The van der Waals surface area contributed by atoms with Crippen molar-refractivity contribution < 1.29 is 17.9 Å². The third-order valence-electron chi connectivity index (χ3n) is 10.2. The zero-order valence-corrected chi connectivity index (χ0v) is 24.4. The molecule has 43 heavy (non-hydrogen) atoms. The first-order valence-corrected chi connectivity index (χ1v) is 15.7. The number of nitrogens with zero attached hydrogens (tertiary/aromatic N) is 4. The van der Waals surface area contributed by atoms with Crippen molar-refractivity contribution in [2.75, 3.05) is 37.7 Å². The number of hydrogen-bond donors (Lipinski definition) is 1. The number of fused-ring (bicyclic) bond motifs is 5. The fourth-order valence-electron chi connectivity index (χ4n) is 8.25. The van der Waals surface area contributed by atoms with Crippen LogP contribution < -0.4 is 15.0 Å². The Bertz CT molecular complexity index is 1710. The van der Waals surface area contributed by atoms with Crippen molar-refractivity contribution in [1.82, 2.24) is 20.2 Å². The first-order chi connectivity index (χ1) is 20.9. The standard InChI is InChI=1S/C34H36F3N5O/c1-2-20-6-3-7-21-8-4-9-25(28(20)21)29-27(36)14-26-31(30(29)37)39-33(40-32(26)41-17-23-10-11-24(18-41)38-23)43-19-34-12-5-13-42(34)16-22(35)15-34/h3-4,6-9,14,22-24,38H,2,5,10-13,15-19H2,1H3/t22-,23-,24+,34+/m1/s1. The lowest BCUT2D eigenvalue weighted by Gasteiger charge is -2.34. The van der Waals surface area contributed by atoms with E-state index < -0.39 is 23.3 Å². The first-order valence-electron chi connectivity index (χ1n) is 15.7. The average Bonchev–Trinajstić information content (AvgIpc) is 3.65. The van der Waals surface area contributed by atoms with Crippen molar-refractivity contribution in [3.05, 3.63) is 59.7 Å². The summed E-state index contributed by atoms with van der Waals surface area (Å²) in [6, 6.07) is 13.6. The number of alkyl halides is 1. The van der Waals surface area contributed by atoms with Gasteiger partial charge >= 0.3 is 6.01 Å². The van der Waals surface area contributed by atoms with Gasteiger partial charge < -0.3 is 15.0 Å². The number of nitrogens with one attached hydrogen (secondary N) is 1. The predicted octanol–water partition coefficient (Wildman–Crippen LogP) is 6.19. The van der Waals surface area contributed by atoms with Crippen molar-refractivity contribution in [2.24, 2.45) is 0 Å². The van der Waals surface area contributed by atoms with Crippen molar-refractivity contribution in [2.45, 2.75) is 69.2 Å². The van der Waals surface area contributed by atoms with Crippen LogP contribution in [-0.2, 0) is 6.42 Å². The summed E-state index contributed by atoms with van der Waals surface area (Å²) in [6.45, 7) is 4.93. The smallest absolute Gasteiger partial charge is 0.319 e. The summed E-state index contributed by atoms with van der Waals surface area (Å²) in [5, 5.41) is 5.74. The van der Waals surface area contributed by atoms with Gasteiger partial charge in [0.15, 0.2) is 5.82 Å². The predicted molar refractivity (Wildman–Crippen MR) is 162 cm³/mol. The molecule has 6 nitrogen and oxygen atoms in total. The summed E-state index contributed by atoms with van der Waals surface area (Å²) in [6.07, 6.45) is 4.22. The fourth-order valence-corrected chi connectivity index (χ4v) is 8.25. The lowest BCUT2D eigenvalue weighted by atomic mass is 9.92. The van der Waals surface area contributed by atoms with E-state index in [0.717, 1.165) is 55.0 Å². The second-order valence-electron chi connectivity index (χ2n) is 12.9. The Hall–Kier alpha value is -3.43. The molecule has 0 unspecified atom stereocenters. The molecule has 2 bridgehead atoms. The van der Waals surface area contributed by atoms with Crippen LogP contribution in [0.5, 0.6) is 6.01 Å². The highest BCUT2D eigenvalue weighted by Crippen LogP contribution is 2.42. The van der Waals surface area contributed by atoms with E-state index in [9.17, 15) is 4.39 Å². The zero-order chi connectivity index (χ0) is 29.3. The SMILES string of the molecule is CCc1cccc2cccc(-c3c(F)cc4c(N5C[C@H]6CC[C@@H](C5)N6)nc(OC[C@@]56CCCN5C[C@H](F)C6)nc4c3F)c12. The highest BCUT2D eigenvalue weighted by atomic mass is 19.1. The molecule has 0 aliphatic carbocycles. The van der Waals surface area contributed by atoms with Crippen LogP contribution in [0.4, 0.5) is 19.0 Å². The Labute approximate surface area is 249 Å². The van der Waals surface area contributed by atoms with Crippen LogP contribution in [0.15, 0.2) is 42.5 Å². The summed E-state index contributed by atoms with van der Waals surface area (Å²) in [4.78, 5) is 13.7. The summed E-state index contributed by atoms with van der Waals surface area (Å²) in [7, 11) is 0. The van der Waals surface area contributed by atoms with Crippen LogP contribution in [0.25, 0.3) is 32.8 Å². The molecule has 4 fully saturated rings. The number of piperazine rings is 1. The molecular formula is C34H36F3N5O. The van der Waals surface area contributed by atoms with Crippen molar-refractivity contribution >= 4 is 27.5 Å². The molecule has 0 spiro atoms. The van der Waals surface area contributed by atoms with Gasteiger partial charge in [0.2, 0.25) is 0 Å². The van der Waals surface area contributed by atoms with Crippen molar-refractivity contribution in [1.29, 1.82) is 0 Å². The molecule has 4 aliphatic heterocycles. The van der Waals surface area contributed by atoms with E-state index in [4.69, 9.17) is 9.72 Å². The van der Waals surface area contributed by atoms with Crippen LogP contribution in [0.1, 0.15) is 44.6 Å². The Kier molecular flexibility index (Phi) is 6.53. The van der Waals surface area contributed by atoms with E-state index in [-0.39, 0.29) is 23.7 Å². The molecule has 0 radical (unpaired) electrons. The van der Waals surface area contributed by atoms with Gasteiger partial charge in [-0.2, -0.15) is 9.97 Å². The second-order valence-corrected chi connectivity index (χ2v) is 12.9. The van der Waals surface area contributed by atoms with Gasteiger partial charge in [0, 0.05) is 43.5 Å². The maximum absolute atomic E-state index is 16.8. The number of rotatable bonds is 6. The molecule has 9 heteroatoms. The maximum Gasteiger partial charge on any atom is 0.319 e. The number of benzene rings is 3. The summed E-state index contributed by atoms with van der Waals surface area (Å²) in [5.41, 5.74) is 1.10. The number of halogens is 3. The highest BCUT2D eigenvalue weighted by Gasteiger charge is 2.49. The molecule has 8 rings (SSSR count). The van der Waals surface area contributed by atoms with Crippen LogP contribution in [0.2, 0.25) is 0 Å². The molecule has 4 aromatic rings. The lowest BCUT2D eigenvalue weighted by molar-refractivity contribution is 0.107. The Morgan fingerprint density at radius 2 is 1.84 bits per heavy atom. The van der Waals surface area contributed by atoms with Crippen LogP contribution in [-0.4, -0.2) is 71.4 Å². The molecule has 4 aliphatic rings. The third kappa shape index (κ3) is 4.46. The number of aromatic nitrogens is 2. The van der Waals surface area contributed by atoms with Gasteiger partial charge in [-0.25, -0.2) is 13.2 Å². The normalized spacial score (nSPS) is 27.0. The van der Waals surface area contributed by atoms with Crippen LogP contribution in [0.3, 0.4) is 0 Å². The molecule has 0 amide bonds. The van der Waals surface area contributed by atoms with Crippen molar-refractivity contribution in [3.8, 4) is 17.1 Å². The molecule has 4 saturated heterocycles. The second kappa shape index (κ2) is 10.3. The Morgan fingerprint density at radius 3 is 2.63 bits per heavy atom. The number of hydrogen-bond acceptors (Lipinski definition) is 6. The van der Waals surface area contributed by atoms with Gasteiger partial charge in [-0.05, 0) is 66.6 Å². The fraction of sp³-hybridized carbons (Fsp3) is 0.471. The minimum absolute atomic E-state index is 0.0452. The minimum atomic E-state index is -0.884. The Morgan fingerprint density at radius 1 is 1.05 bits per heavy atom. The molecule has 224 valence electrons. The number of ether oxygens (including phenoxy) is 1. The van der Waals surface area contributed by atoms with Gasteiger partial charge in [-0.3, -0.25) is 4.90 Å². The maximum atomic E-state index is 16.8. The molecule has 1 aromatic heterocycles. The molecule has 0 saturated carbocycles. The largest absolute Gasteiger partial charge is 0.461 e. The van der Waals surface area contributed by atoms with Gasteiger partial charge in [0.1, 0.15) is 29.9 Å². The van der Waals surface area contributed by atoms with E-state index in [0.29, 0.717) is 54.9 Å². The van der Waals surface area contributed by atoms with Crippen LogP contribution in [0, 0.1) is 11.6 Å². The van der Waals surface area contributed by atoms with Gasteiger partial charge in [-0.15, -0.1) is 0 Å². The first kappa shape index (κ1) is 27.1. The minimum Gasteiger partial charge on any atom is -0.461 e. The monoisotopic (exact) mass is 587 g/mol. The van der Waals surface area contributed by atoms with E-state index in [1.54, 1.807) is 6.07 Å². The van der Waals surface area contributed by atoms with Crippen LogP contribution >= 0.6 is 0 Å². The van der Waals surface area contributed by atoms with E-state index in [1.807, 2.05) is 37.3 Å². The third-order valence-corrected chi connectivity index (χ3v) is 10.2. The number of aryl methyl sites for hydroxylation is 1. The lowest BCUT2D eigenvalue weighted by Crippen LogP contribution is -2.51. The van der Waals surface area contributed by atoms with E-state index in [1.165, 1.54) is 6.07 Å². The van der Waals surface area contributed by atoms with Gasteiger partial charge in [0.25, 0.3) is 0 Å². The molecule has 3 aromatic carbocycles. The highest BCUT2D eigenvalue weighted by molar-refractivity contribution is 6.02. The van der Waals surface area contributed by atoms with E-state index >= 15 is 8.78 Å². The summed E-state index contributed by atoms with van der Waals surface area (Å²) < 4.78 is 53.7. The van der Waals surface area contributed by atoms with Gasteiger partial charge in [-0.1, -0.05) is 43.3 Å². The molecule has 4 atom stereocenters. The average molecular weight is 588 g/mol.